The van der Waals surface area contributed by atoms with Crippen LogP contribution >= 0.6 is 0 Å². The van der Waals surface area contributed by atoms with E-state index in [0.717, 1.165) is 4.90 Å². The minimum atomic E-state index is -4.91. The van der Waals surface area contributed by atoms with Crippen molar-refractivity contribution in [3.05, 3.63) is 35.9 Å². The van der Waals surface area contributed by atoms with E-state index >= 15 is 0 Å². The monoisotopic (exact) mass is 828 g/mol. The number of sulfonamides is 1. The third-order valence-corrected chi connectivity index (χ3v) is 14.2. The molecule has 1 N–H and O–H groups in total. The molecule has 0 bridgehead atoms. The number of rotatable bonds is 9. The molecule has 3 fully saturated rings. The van der Waals surface area contributed by atoms with Crippen molar-refractivity contribution in [1.82, 2.24) is 9.62 Å². The first kappa shape index (κ1) is 42.4. The van der Waals surface area contributed by atoms with Crippen LogP contribution in [-0.4, -0.2) is 91.5 Å². The van der Waals surface area contributed by atoms with E-state index in [4.69, 9.17) is 18.9 Å². The average molecular weight is 829 g/mol. The zero-order valence-corrected chi connectivity index (χ0v) is 33.0. The largest absolute Gasteiger partial charge is 0.457 e. The van der Waals surface area contributed by atoms with Gasteiger partial charge in [-0.25, -0.2) is 17.6 Å². The fourth-order valence-corrected chi connectivity index (χ4v) is 9.49. The van der Waals surface area contributed by atoms with E-state index in [0.29, 0.717) is 44.6 Å². The number of alkyl halides is 4. The number of hydrogen-bond acceptors (Lipinski definition) is 11. The Bertz CT molecular complexity index is 1930. The number of amides is 2. The topological polar surface area (TPSA) is 172 Å². The van der Waals surface area contributed by atoms with Crippen LogP contribution in [-0.2, 0) is 38.7 Å². The van der Waals surface area contributed by atoms with Crippen LogP contribution in [0.2, 0.25) is 0 Å². The summed E-state index contributed by atoms with van der Waals surface area (Å²) in [6.45, 7) is 3.44. The molecule has 7 atom stereocenters. The summed E-state index contributed by atoms with van der Waals surface area (Å²) < 4.78 is 103. The van der Waals surface area contributed by atoms with Gasteiger partial charge in [-0.3, -0.25) is 23.9 Å². The highest BCUT2D eigenvalue weighted by Gasteiger charge is 2.63. The predicted molar refractivity (Wildman–Crippen MR) is 193 cm³/mol. The first-order valence-electron chi connectivity index (χ1n) is 19.1. The fraction of sp³-hybridized carbons (Fsp3) is 0.667. The van der Waals surface area contributed by atoms with E-state index in [1.54, 1.807) is 13.0 Å². The Balaban J connectivity index is 1.31. The highest BCUT2D eigenvalue weighted by atomic mass is 32.2. The SMILES string of the molecule is C[C@@H]1CC/C=C\[C@@H]2C[C@@]2(C(=O)NS(=O)(=O)C2(CF)CC2)CC(=O)[C@@H]2C[C@@H](OC(=O)c3ccc4c(c3)OCO4)CN2C(=O)[C@@H](CC(=O)OC(C)(C)C(F)(F)F)[C@H](C)C1. The molecule has 2 aliphatic carbocycles. The van der Waals surface area contributed by atoms with Gasteiger partial charge in [0.1, 0.15) is 17.5 Å². The molecule has 6 rings (SSSR count). The summed E-state index contributed by atoms with van der Waals surface area (Å²) in [5.74, 6) is -6.19. The highest BCUT2D eigenvalue weighted by Crippen LogP contribution is 2.58. The molecule has 0 radical (unpaired) electrons. The van der Waals surface area contributed by atoms with E-state index < -0.39 is 111 Å². The number of fused-ring (bicyclic) bond motifs is 3. The lowest BCUT2D eigenvalue weighted by atomic mass is 9.82. The molecular weight excluding hydrogens is 780 g/mol. The zero-order chi connectivity index (χ0) is 41.7. The molecule has 0 unspecified atom stereocenters. The van der Waals surface area contributed by atoms with Crippen molar-refractivity contribution >= 4 is 39.6 Å². The molecule has 2 amide bonds. The summed E-state index contributed by atoms with van der Waals surface area (Å²) in [6, 6.07) is 3.03. The summed E-state index contributed by atoms with van der Waals surface area (Å²) in [5, 5.41) is 0. The van der Waals surface area contributed by atoms with Crippen LogP contribution in [0.4, 0.5) is 17.6 Å². The zero-order valence-electron chi connectivity index (χ0n) is 32.2. The lowest BCUT2D eigenvalue weighted by molar-refractivity contribution is -0.257. The second-order valence-corrected chi connectivity index (χ2v) is 18.9. The lowest BCUT2D eigenvalue weighted by Gasteiger charge is -2.33. The van der Waals surface area contributed by atoms with Gasteiger partial charge < -0.3 is 23.8 Å². The third-order valence-electron chi connectivity index (χ3n) is 12.1. The number of allylic oxidation sites excluding steroid dienone is 2. The molecular formula is C39H48F4N2O11S. The standard InChI is InChI=1S/C39H48F4N2O11S/c1-22-7-5-6-8-25-17-38(25,35(50)44-57(51,52)37(20-40)11-12-37)18-29(46)28-15-26(55-34(49)24-9-10-30-31(14-24)54-21-53-30)19-45(28)33(48)27(23(2)13-22)16-32(47)56-36(3,4)39(41,42)43/h6,8-10,14,22-23,25-28H,5,7,11-13,15-21H2,1-4H3,(H,44,50)/b8-6-/t22-,23-,25-,26-,27+,28+,38-/m1/s1. The van der Waals surface area contributed by atoms with Crippen molar-refractivity contribution in [1.29, 1.82) is 0 Å². The van der Waals surface area contributed by atoms with Crippen LogP contribution in [0.15, 0.2) is 30.4 Å². The molecule has 1 saturated heterocycles. The van der Waals surface area contributed by atoms with Crippen molar-refractivity contribution in [3.63, 3.8) is 0 Å². The molecule has 314 valence electrons. The number of ether oxygens (including phenoxy) is 4. The van der Waals surface area contributed by atoms with Gasteiger partial charge in [-0.2, -0.15) is 13.2 Å². The Hall–Kier alpha value is -4.22. The van der Waals surface area contributed by atoms with E-state index in [1.165, 1.54) is 18.2 Å². The number of hydrogen-bond donors (Lipinski definition) is 1. The van der Waals surface area contributed by atoms with Gasteiger partial charge in [-0.1, -0.05) is 26.0 Å². The second kappa shape index (κ2) is 15.5. The summed E-state index contributed by atoms with van der Waals surface area (Å²) >= 11 is 0. The molecule has 3 heterocycles. The number of carbonyl (C=O) groups excluding carboxylic acids is 5. The van der Waals surface area contributed by atoms with Gasteiger partial charge in [0.25, 0.3) is 0 Å². The highest BCUT2D eigenvalue weighted by molar-refractivity contribution is 7.91. The van der Waals surface area contributed by atoms with Crippen LogP contribution in [0.5, 0.6) is 11.5 Å². The number of nitrogens with one attached hydrogen (secondary N) is 1. The molecule has 0 aromatic heterocycles. The molecule has 3 aliphatic heterocycles. The van der Waals surface area contributed by atoms with Crippen molar-refractivity contribution in [2.75, 3.05) is 20.0 Å². The van der Waals surface area contributed by atoms with Gasteiger partial charge >= 0.3 is 18.1 Å². The van der Waals surface area contributed by atoms with E-state index in [2.05, 4.69) is 0 Å². The summed E-state index contributed by atoms with van der Waals surface area (Å²) in [7, 11) is -4.44. The molecule has 1 aromatic carbocycles. The number of benzene rings is 1. The fourth-order valence-electron chi connectivity index (χ4n) is 8.05. The van der Waals surface area contributed by atoms with Gasteiger partial charge in [0, 0.05) is 12.8 Å². The van der Waals surface area contributed by atoms with Crippen molar-refractivity contribution < 1.29 is 68.9 Å². The minimum Gasteiger partial charge on any atom is -0.457 e. The summed E-state index contributed by atoms with van der Waals surface area (Å²) in [6.07, 6.45) is -2.25. The Morgan fingerprint density at radius 2 is 1.75 bits per heavy atom. The van der Waals surface area contributed by atoms with Crippen LogP contribution in [0, 0.1) is 29.1 Å². The lowest BCUT2D eigenvalue weighted by Crippen LogP contribution is -2.49. The molecule has 18 heteroatoms. The van der Waals surface area contributed by atoms with E-state index in [-0.39, 0.29) is 50.5 Å². The maximum absolute atomic E-state index is 14.7. The van der Waals surface area contributed by atoms with Crippen LogP contribution in [0.1, 0.15) is 95.8 Å². The quantitative estimate of drug-likeness (QED) is 0.193. The van der Waals surface area contributed by atoms with Crippen molar-refractivity contribution in [2.24, 2.45) is 29.1 Å². The second-order valence-electron chi connectivity index (χ2n) is 16.8. The number of Topliss-reactive ketones (excluding diaryl/α,β-unsaturated/α-hetero) is 1. The Morgan fingerprint density at radius 1 is 1.05 bits per heavy atom. The Morgan fingerprint density at radius 3 is 2.42 bits per heavy atom. The van der Waals surface area contributed by atoms with E-state index in [1.807, 2.05) is 17.7 Å². The van der Waals surface area contributed by atoms with Gasteiger partial charge in [-0.15, -0.1) is 0 Å². The maximum atomic E-state index is 14.7. The normalized spacial score (nSPS) is 30.6. The molecule has 1 aromatic rings. The first-order valence-corrected chi connectivity index (χ1v) is 20.6. The number of ketones is 1. The first-order chi connectivity index (χ1) is 26.6. The molecule has 57 heavy (non-hydrogen) atoms. The Kier molecular flexibility index (Phi) is 11.5. The van der Waals surface area contributed by atoms with Gasteiger partial charge in [0.05, 0.1) is 35.9 Å². The molecule has 2 saturated carbocycles. The number of esters is 2. The van der Waals surface area contributed by atoms with Crippen LogP contribution in [0.25, 0.3) is 0 Å². The smallest absolute Gasteiger partial charge is 0.427 e. The minimum absolute atomic E-state index is 0.0336. The Labute approximate surface area is 328 Å². The molecule has 0 spiro atoms. The maximum Gasteiger partial charge on any atom is 0.427 e. The molecule has 5 aliphatic rings. The summed E-state index contributed by atoms with van der Waals surface area (Å²) in [5.41, 5.74) is -4.32. The van der Waals surface area contributed by atoms with E-state index in [9.17, 15) is 50.0 Å². The van der Waals surface area contributed by atoms with Crippen molar-refractivity contribution in [2.45, 2.75) is 114 Å². The third kappa shape index (κ3) is 8.65. The van der Waals surface area contributed by atoms with Crippen LogP contribution < -0.4 is 14.2 Å². The predicted octanol–water partition coefficient (Wildman–Crippen LogP) is 5.36. The average Bonchev–Trinajstić information content (AvgIpc) is 3.96. The number of halogens is 4. The number of nitrogens with zero attached hydrogens (tertiary/aromatic N) is 1. The van der Waals surface area contributed by atoms with Gasteiger partial charge in [0.2, 0.25) is 34.2 Å². The van der Waals surface area contributed by atoms with Gasteiger partial charge in [-0.05, 0) is 88.3 Å². The van der Waals surface area contributed by atoms with Crippen molar-refractivity contribution in [3.8, 4) is 11.5 Å². The van der Waals surface area contributed by atoms with Crippen LogP contribution in [0.3, 0.4) is 0 Å². The molecule has 13 nitrogen and oxygen atoms in total. The summed E-state index contributed by atoms with van der Waals surface area (Å²) in [4.78, 5) is 70.7. The number of carbonyl (C=O) groups is 5. The van der Waals surface area contributed by atoms with Gasteiger partial charge in [0.15, 0.2) is 17.3 Å².